The van der Waals surface area contributed by atoms with Gasteiger partial charge >= 0.3 is 11.9 Å². The van der Waals surface area contributed by atoms with E-state index >= 15 is 0 Å². The minimum absolute atomic E-state index is 0.101. The quantitative estimate of drug-likeness (QED) is 0.557. The Morgan fingerprint density at radius 3 is 1.44 bits per heavy atom. The van der Waals surface area contributed by atoms with Crippen LogP contribution in [0.2, 0.25) is 0 Å². The van der Waals surface area contributed by atoms with Gasteiger partial charge in [-0.15, -0.1) is 0 Å². The lowest BCUT2D eigenvalue weighted by molar-refractivity contribution is -0.167. The predicted octanol–water partition coefficient (Wildman–Crippen LogP) is 4.38. The van der Waals surface area contributed by atoms with Crippen molar-refractivity contribution in [1.29, 1.82) is 0 Å². The highest BCUT2D eigenvalue weighted by Crippen LogP contribution is 2.63. The van der Waals surface area contributed by atoms with Crippen LogP contribution in [0, 0.1) is 33.5 Å². The minimum atomic E-state index is -0.475. The van der Waals surface area contributed by atoms with Crippen LogP contribution in [0.25, 0.3) is 0 Å². The molecule has 0 aromatic rings. The molecule has 0 spiro atoms. The van der Waals surface area contributed by atoms with Crippen LogP contribution in [0.4, 0.5) is 0 Å². The average molecular weight is 350 g/mol. The molecule has 2 aliphatic carbocycles. The van der Waals surface area contributed by atoms with Gasteiger partial charge in [-0.05, 0) is 17.3 Å². The van der Waals surface area contributed by atoms with Crippen LogP contribution in [0.3, 0.4) is 0 Å². The van der Waals surface area contributed by atoms with Crippen molar-refractivity contribution in [2.75, 3.05) is 13.2 Å². The van der Waals surface area contributed by atoms with Crippen LogP contribution in [-0.4, -0.2) is 25.2 Å². The highest BCUT2D eigenvalue weighted by molar-refractivity contribution is 5.86. The summed E-state index contributed by atoms with van der Waals surface area (Å²) in [4.78, 5) is 25.8. The molecule has 4 atom stereocenters. The Kier molecular flexibility index (Phi) is 4.91. The van der Waals surface area contributed by atoms with Gasteiger partial charge in [0.05, 0.1) is 25.0 Å². The smallest absolute Gasteiger partial charge is 0.310 e. The largest absolute Gasteiger partial charge is 0.465 e. The maximum Gasteiger partial charge on any atom is 0.310 e. The van der Waals surface area contributed by atoms with E-state index in [9.17, 15) is 9.59 Å². The summed E-state index contributed by atoms with van der Waals surface area (Å²) in [6, 6.07) is 0. The van der Waals surface area contributed by atoms with Crippen LogP contribution in [0.1, 0.15) is 61.8 Å². The first-order valence-corrected chi connectivity index (χ1v) is 9.21. The molecule has 0 aromatic carbocycles. The van der Waals surface area contributed by atoms with Crippen LogP contribution < -0.4 is 0 Å². The Labute approximate surface area is 152 Å². The molecule has 1 fully saturated rings. The fourth-order valence-corrected chi connectivity index (χ4v) is 4.07. The molecule has 2 rings (SSSR count). The summed E-state index contributed by atoms with van der Waals surface area (Å²) in [5.41, 5.74) is -0.878. The van der Waals surface area contributed by atoms with Gasteiger partial charge in [-0.25, -0.2) is 0 Å². The third-order valence-corrected chi connectivity index (χ3v) is 5.16. The lowest BCUT2D eigenvalue weighted by Gasteiger charge is -2.34. The lowest BCUT2D eigenvalue weighted by Crippen LogP contribution is -2.42. The molecule has 0 heterocycles. The maximum atomic E-state index is 12.9. The molecule has 142 valence electrons. The molecule has 0 saturated heterocycles. The van der Waals surface area contributed by atoms with E-state index < -0.39 is 11.8 Å². The Morgan fingerprint density at radius 1 is 0.840 bits per heavy atom. The van der Waals surface area contributed by atoms with E-state index in [1.54, 1.807) is 0 Å². The Balaban J connectivity index is 2.21. The highest BCUT2D eigenvalue weighted by Gasteiger charge is 2.64. The average Bonchev–Trinajstić information content (AvgIpc) is 2.86. The van der Waals surface area contributed by atoms with Crippen molar-refractivity contribution in [2.24, 2.45) is 33.5 Å². The summed E-state index contributed by atoms with van der Waals surface area (Å²) in [6.07, 6.45) is 4.96. The van der Waals surface area contributed by atoms with E-state index in [1.807, 2.05) is 41.5 Å². The second kappa shape index (κ2) is 6.14. The number of hydrogen-bond acceptors (Lipinski definition) is 4. The van der Waals surface area contributed by atoms with Gasteiger partial charge in [0.15, 0.2) is 0 Å². The maximum absolute atomic E-state index is 12.9. The first-order chi connectivity index (χ1) is 11.2. The monoisotopic (exact) mass is 350 g/mol. The third kappa shape index (κ3) is 4.27. The van der Waals surface area contributed by atoms with E-state index in [0.717, 1.165) is 6.42 Å². The van der Waals surface area contributed by atoms with Gasteiger partial charge in [-0.1, -0.05) is 67.5 Å². The molecule has 2 aliphatic rings. The molecule has 2 bridgehead atoms. The number of allylic oxidation sites excluding steroid dienone is 2. The summed E-state index contributed by atoms with van der Waals surface area (Å²) in [7, 11) is 0. The SMILES string of the molecule is CC(C)(C)COC(=O)C1C(C(=O)OCC(C)(C)C)C2(C)C=CC1(C)C2. The normalized spacial score (nSPS) is 34.2. The number of hydrogen-bond donors (Lipinski definition) is 0. The van der Waals surface area contributed by atoms with E-state index in [0.29, 0.717) is 13.2 Å². The predicted molar refractivity (Wildman–Crippen MR) is 97.8 cm³/mol. The number of carbonyl (C=O) groups excluding carboxylic acids is 2. The molecular formula is C21H34O4. The van der Waals surface area contributed by atoms with Crippen molar-refractivity contribution in [3.05, 3.63) is 12.2 Å². The fraction of sp³-hybridized carbons (Fsp3) is 0.810. The molecule has 0 aromatic heterocycles. The van der Waals surface area contributed by atoms with Crippen LogP contribution in [0.15, 0.2) is 12.2 Å². The summed E-state index contributed by atoms with van der Waals surface area (Å²) in [5.74, 6) is -1.50. The van der Waals surface area contributed by atoms with Gasteiger partial charge in [-0.3, -0.25) is 9.59 Å². The van der Waals surface area contributed by atoms with Crippen molar-refractivity contribution in [2.45, 2.75) is 61.8 Å². The Hall–Kier alpha value is -1.32. The molecule has 25 heavy (non-hydrogen) atoms. The molecule has 0 radical (unpaired) electrons. The first-order valence-electron chi connectivity index (χ1n) is 9.21. The molecule has 4 unspecified atom stereocenters. The summed E-state index contributed by atoms with van der Waals surface area (Å²) < 4.78 is 11.2. The number of esters is 2. The zero-order chi connectivity index (χ0) is 19.3. The van der Waals surface area contributed by atoms with E-state index in [2.05, 4.69) is 26.0 Å². The molecule has 1 saturated carbocycles. The number of fused-ring (bicyclic) bond motifs is 2. The second-order valence-corrected chi connectivity index (χ2v) is 10.8. The molecule has 0 amide bonds. The zero-order valence-electron chi connectivity index (χ0n) is 17.1. The van der Waals surface area contributed by atoms with Crippen LogP contribution >= 0.6 is 0 Å². The van der Waals surface area contributed by atoms with Crippen molar-refractivity contribution in [1.82, 2.24) is 0 Å². The Morgan fingerprint density at radius 2 is 1.16 bits per heavy atom. The summed E-state index contributed by atoms with van der Waals surface area (Å²) >= 11 is 0. The van der Waals surface area contributed by atoms with Crippen molar-refractivity contribution < 1.29 is 19.1 Å². The molecule has 0 aliphatic heterocycles. The molecular weight excluding hydrogens is 316 g/mol. The van der Waals surface area contributed by atoms with Crippen LogP contribution in [-0.2, 0) is 19.1 Å². The van der Waals surface area contributed by atoms with Crippen molar-refractivity contribution in [3.63, 3.8) is 0 Å². The molecule has 4 heteroatoms. The number of carbonyl (C=O) groups is 2. The van der Waals surface area contributed by atoms with Gasteiger partial charge in [-0.2, -0.15) is 0 Å². The van der Waals surface area contributed by atoms with Gasteiger partial charge in [0.1, 0.15) is 0 Å². The topological polar surface area (TPSA) is 52.6 Å². The minimum Gasteiger partial charge on any atom is -0.465 e. The standard InChI is InChI=1S/C21H34O4/c1-18(2,3)12-24-16(22)14-15(17(23)25-13-19(4,5)6)21(8)10-9-20(14,7)11-21/h9-10,14-15H,11-13H2,1-8H3. The third-order valence-electron chi connectivity index (χ3n) is 5.16. The van der Waals surface area contributed by atoms with E-state index in [4.69, 9.17) is 9.47 Å². The van der Waals surface area contributed by atoms with Gasteiger partial charge in [0.25, 0.3) is 0 Å². The van der Waals surface area contributed by atoms with Gasteiger partial charge in [0.2, 0.25) is 0 Å². The highest BCUT2D eigenvalue weighted by atomic mass is 16.5. The fourth-order valence-electron chi connectivity index (χ4n) is 4.07. The lowest BCUT2D eigenvalue weighted by atomic mass is 9.71. The molecule has 0 N–H and O–H groups in total. The number of rotatable bonds is 4. The van der Waals surface area contributed by atoms with Crippen LogP contribution in [0.5, 0.6) is 0 Å². The number of ether oxygens (including phenoxy) is 2. The van der Waals surface area contributed by atoms with E-state index in [1.165, 1.54) is 0 Å². The van der Waals surface area contributed by atoms with Gasteiger partial charge in [0, 0.05) is 10.8 Å². The van der Waals surface area contributed by atoms with E-state index in [-0.39, 0.29) is 33.6 Å². The summed E-state index contributed by atoms with van der Waals surface area (Å²) in [6.45, 7) is 17.0. The zero-order valence-corrected chi connectivity index (χ0v) is 17.1. The van der Waals surface area contributed by atoms with Crippen molar-refractivity contribution >= 4 is 11.9 Å². The van der Waals surface area contributed by atoms with Crippen molar-refractivity contribution in [3.8, 4) is 0 Å². The first kappa shape index (κ1) is 20.0. The Bertz CT molecular complexity index is 528. The van der Waals surface area contributed by atoms with Gasteiger partial charge < -0.3 is 9.47 Å². The molecule has 4 nitrogen and oxygen atoms in total. The summed E-state index contributed by atoms with van der Waals surface area (Å²) in [5, 5.41) is 0. The second-order valence-electron chi connectivity index (χ2n) is 10.8.